The topological polar surface area (TPSA) is 103 Å². The van der Waals surface area contributed by atoms with E-state index >= 15 is 0 Å². The van der Waals surface area contributed by atoms with Crippen molar-refractivity contribution in [2.45, 2.75) is 30.6 Å². The number of aliphatic imine (C=N–C) groups is 1. The van der Waals surface area contributed by atoms with Gasteiger partial charge < -0.3 is 25.2 Å². The highest BCUT2D eigenvalue weighted by molar-refractivity contribution is 7.78. The molecule has 0 aliphatic carbocycles. The zero-order valence-corrected chi connectivity index (χ0v) is 7.96. The molecule has 1 heterocycles. The second-order valence-electron chi connectivity index (χ2n) is 2.94. The quantitative estimate of drug-likeness (QED) is 0.314. The lowest BCUT2D eigenvalue weighted by molar-refractivity contribution is -0.257. The Morgan fingerprint density at radius 1 is 1.29 bits per heavy atom. The van der Waals surface area contributed by atoms with Crippen molar-refractivity contribution in [2.75, 3.05) is 6.61 Å². The van der Waals surface area contributed by atoms with Crippen LogP contribution in [0.1, 0.15) is 0 Å². The van der Waals surface area contributed by atoms with Crippen molar-refractivity contribution >= 4 is 17.4 Å². The fourth-order valence-electron chi connectivity index (χ4n) is 1.30. The number of hydrogen-bond acceptors (Lipinski definition) is 7. The summed E-state index contributed by atoms with van der Waals surface area (Å²) in [6, 6.07) is -1.02. The Bertz CT molecular complexity index is 244. The summed E-state index contributed by atoms with van der Waals surface area (Å²) in [6.07, 6.45) is -5.06. The van der Waals surface area contributed by atoms with Crippen LogP contribution in [0.15, 0.2) is 4.99 Å². The van der Waals surface area contributed by atoms with Gasteiger partial charge >= 0.3 is 0 Å². The van der Waals surface area contributed by atoms with Gasteiger partial charge in [-0.05, 0) is 12.2 Å². The number of isothiocyanates is 1. The first kappa shape index (κ1) is 11.7. The zero-order chi connectivity index (χ0) is 10.7. The van der Waals surface area contributed by atoms with Gasteiger partial charge in [0.05, 0.1) is 11.8 Å². The van der Waals surface area contributed by atoms with Gasteiger partial charge in [0, 0.05) is 0 Å². The summed E-state index contributed by atoms with van der Waals surface area (Å²) in [5.74, 6) is 0. The molecule has 5 atom stereocenters. The molecule has 4 N–H and O–H groups in total. The van der Waals surface area contributed by atoms with Gasteiger partial charge in [0.1, 0.15) is 24.4 Å². The molecule has 1 fully saturated rings. The number of thiocarbonyl (C=S) groups is 1. The second-order valence-corrected chi connectivity index (χ2v) is 3.12. The minimum atomic E-state index is -1.49. The molecule has 1 rings (SSSR count). The average molecular weight is 221 g/mol. The summed E-state index contributed by atoms with van der Waals surface area (Å²) in [7, 11) is 0. The summed E-state index contributed by atoms with van der Waals surface area (Å²) < 4.78 is 4.72. The Morgan fingerprint density at radius 2 is 1.93 bits per heavy atom. The zero-order valence-electron chi connectivity index (χ0n) is 7.15. The molecule has 0 aromatic heterocycles. The number of rotatable bonds is 2. The van der Waals surface area contributed by atoms with Crippen LogP contribution in [0.5, 0.6) is 0 Å². The first-order chi connectivity index (χ1) is 6.61. The number of hydrogen-bond donors (Lipinski definition) is 4. The number of aliphatic hydroxyl groups is 4. The molecule has 0 aromatic carbocycles. The van der Waals surface area contributed by atoms with E-state index in [0.717, 1.165) is 0 Å². The molecular weight excluding hydrogens is 210 g/mol. The van der Waals surface area contributed by atoms with Gasteiger partial charge in [-0.1, -0.05) is 0 Å². The molecule has 6 nitrogen and oxygen atoms in total. The van der Waals surface area contributed by atoms with E-state index in [2.05, 4.69) is 17.2 Å². The molecule has 1 saturated heterocycles. The molecule has 0 amide bonds. The van der Waals surface area contributed by atoms with Crippen LogP contribution >= 0.6 is 12.2 Å². The predicted octanol–water partition coefficient (Wildman–Crippen LogP) is -2.11. The number of aliphatic hydroxyl groups excluding tert-OH is 4. The van der Waals surface area contributed by atoms with Crippen LogP contribution in [-0.2, 0) is 4.74 Å². The molecule has 0 aromatic rings. The van der Waals surface area contributed by atoms with E-state index in [1.54, 1.807) is 0 Å². The third kappa shape index (κ3) is 2.15. The molecular formula is C7H11NO5S. The standard InChI is InChI=1S/C7H11NO5S/c9-1-3-5(10)4(8-2-14)6(11)7(12)13-3/h3-7,9-12H,1H2/t3-,4+,5-,6-,7?/m1/s1. The highest BCUT2D eigenvalue weighted by atomic mass is 32.1. The fraction of sp³-hybridized carbons (Fsp3) is 0.857. The average Bonchev–Trinajstić information content (AvgIpc) is 2.18. The summed E-state index contributed by atoms with van der Waals surface area (Å²) in [6.45, 7) is -0.478. The van der Waals surface area contributed by atoms with Crippen molar-refractivity contribution in [3.05, 3.63) is 0 Å². The minimum absolute atomic E-state index is 0.478. The van der Waals surface area contributed by atoms with E-state index in [1.165, 1.54) is 0 Å². The van der Waals surface area contributed by atoms with Crippen LogP contribution in [0.2, 0.25) is 0 Å². The van der Waals surface area contributed by atoms with Gasteiger partial charge in [0.15, 0.2) is 6.29 Å². The summed E-state index contributed by atoms with van der Waals surface area (Å²) in [4.78, 5) is 3.51. The second kappa shape index (κ2) is 4.90. The van der Waals surface area contributed by atoms with Gasteiger partial charge in [0.2, 0.25) is 0 Å². The Morgan fingerprint density at radius 3 is 2.43 bits per heavy atom. The Balaban J connectivity index is 2.82. The lowest BCUT2D eigenvalue weighted by Crippen LogP contribution is -2.57. The van der Waals surface area contributed by atoms with E-state index in [9.17, 15) is 15.3 Å². The van der Waals surface area contributed by atoms with E-state index in [4.69, 9.17) is 9.84 Å². The molecule has 1 unspecified atom stereocenters. The first-order valence-corrected chi connectivity index (χ1v) is 4.40. The molecule has 80 valence electrons. The normalized spacial score (nSPS) is 43.0. The third-order valence-corrected chi connectivity index (χ3v) is 2.17. The monoisotopic (exact) mass is 221 g/mol. The van der Waals surface area contributed by atoms with Gasteiger partial charge in [-0.15, -0.1) is 0 Å². The van der Waals surface area contributed by atoms with Crippen molar-refractivity contribution in [3.63, 3.8) is 0 Å². The molecule has 7 heteroatoms. The highest BCUT2D eigenvalue weighted by Gasteiger charge is 2.43. The van der Waals surface area contributed by atoms with Crippen LogP contribution in [0.25, 0.3) is 0 Å². The van der Waals surface area contributed by atoms with E-state index in [0.29, 0.717) is 0 Å². The van der Waals surface area contributed by atoms with Gasteiger partial charge in [-0.25, -0.2) is 4.99 Å². The molecule has 14 heavy (non-hydrogen) atoms. The maximum Gasteiger partial charge on any atom is 0.183 e. The summed E-state index contributed by atoms with van der Waals surface area (Å²) in [5, 5.41) is 38.8. The Hall–Kier alpha value is -0.400. The largest absolute Gasteiger partial charge is 0.394 e. The highest BCUT2D eigenvalue weighted by Crippen LogP contribution is 2.21. The van der Waals surface area contributed by atoms with Crippen LogP contribution in [-0.4, -0.2) is 62.8 Å². The maximum atomic E-state index is 9.51. The molecule has 0 saturated carbocycles. The van der Waals surface area contributed by atoms with Crippen LogP contribution in [0.4, 0.5) is 0 Å². The van der Waals surface area contributed by atoms with Crippen molar-refractivity contribution in [1.29, 1.82) is 0 Å². The molecule has 1 aliphatic heterocycles. The molecule has 1 aliphatic rings. The summed E-state index contributed by atoms with van der Waals surface area (Å²) >= 11 is 4.33. The van der Waals surface area contributed by atoms with Crippen LogP contribution in [0, 0.1) is 0 Å². The maximum absolute atomic E-state index is 9.51. The van der Waals surface area contributed by atoms with Crippen molar-refractivity contribution in [3.8, 4) is 0 Å². The fourth-order valence-corrected chi connectivity index (χ4v) is 1.42. The first-order valence-electron chi connectivity index (χ1n) is 3.99. The lowest BCUT2D eigenvalue weighted by atomic mass is 9.97. The third-order valence-electron chi connectivity index (χ3n) is 2.07. The van der Waals surface area contributed by atoms with E-state index < -0.39 is 37.3 Å². The number of ether oxygens (including phenoxy) is 1. The molecule has 0 spiro atoms. The van der Waals surface area contributed by atoms with Gasteiger partial charge in [-0.3, -0.25) is 0 Å². The lowest BCUT2D eigenvalue weighted by Gasteiger charge is -2.37. The van der Waals surface area contributed by atoms with Crippen molar-refractivity contribution in [2.24, 2.45) is 4.99 Å². The van der Waals surface area contributed by atoms with Gasteiger partial charge in [0.25, 0.3) is 0 Å². The Labute approximate surface area is 85.5 Å². The number of nitrogens with zero attached hydrogens (tertiary/aromatic N) is 1. The smallest absolute Gasteiger partial charge is 0.183 e. The predicted molar refractivity (Wildman–Crippen MR) is 48.8 cm³/mol. The van der Waals surface area contributed by atoms with E-state index in [1.807, 2.05) is 5.16 Å². The Kier molecular flexibility index (Phi) is 4.09. The van der Waals surface area contributed by atoms with Crippen molar-refractivity contribution in [1.82, 2.24) is 0 Å². The summed E-state index contributed by atoms with van der Waals surface area (Å²) in [5.41, 5.74) is 0. The minimum Gasteiger partial charge on any atom is -0.394 e. The van der Waals surface area contributed by atoms with Crippen molar-refractivity contribution < 1.29 is 25.2 Å². The molecule has 0 bridgehead atoms. The van der Waals surface area contributed by atoms with Crippen LogP contribution < -0.4 is 0 Å². The van der Waals surface area contributed by atoms with E-state index in [-0.39, 0.29) is 0 Å². The van der Waals surface area contributed by atoms with Crippen LogP contribution in [0.3, 0.4) is 0 Å². The van der Waals surface area contributed by atoms with Gasteiger partial charge in [-0.2, -0.15) is 0 Å². The SMILES string of the molecule is OC[C@H]1OC(O)[C@H](O)[C@@H](N=C=S)[C@@H]1O. The molecule has 0 radical (unpaired) electrons.